The van der Waals surface area contributed by atoms with Crippen molar-refractivity contribution in [3.63, 3.8) is 0 Å². The number of hydrogen-bond acceptors (Lipinski definition) is 6. The van der Waals surface area contributed by atoms with Crippen molar-refractivity contribution in [3.05, 3.63) is 59.7 Å². The second kappa shape index (κ2) is 9.19. The van der Waals surface area contributed by atoms with Crippen molar-refractivity contribution >= 4 is 31.9 Å². The van der Waals surface area contributed by atoms with E-state index in [1.807, 2.05) is 16.4 Å². The molecule has 0 unspecified atom stereocenters. The fraction of sp³-hybridized carbons (Fsp3) is 0.263. The molecule has 0 saturated carbocycles. The third kappa shape index (κ3) is 6.99. The summed E-state index contributed by atoms with van der Waals surface area (Å²) in [4.78, 5) is 24.1. The maximum atomic E-state index is 12.1. The summed E-state index contributed by atoms with van der Waals surface area (Å²) >= 11 is 0. The Morgan fingerprint density at radius 2 is 1.45 bits per heavy atom. The number of unbranched alkanes of at least 4 members (excludes halogenated alkanes) is 1. The zero-order valence-electron chi connectivity index (χ0n) is 16.0. The summed E-state index contributed by atoms with van der Waals surface area (Å²) in [5, 5.41) is 0. The number of carbonyl (C=O) groups excluding carboxylic acids is 2. The highest BCUT2D eigenvalue weighted by Crippen LogP contribution is 2.21. The Morgan fingerprint density at radius 3 is 2.03 bits per heavy atom. The van der Waals surface area contributed by atoms with Crippen LogP contribution in [0.2, 0.25) is 0 Å². The highest BCUT2D eigenvalue weighted by molar-refractivity contribution is 7.90. The van der Waals surface area contributed by atoms with Gasteiger partial charge in [-0.3, -0.25) is 9.59 Å². The molecule has 156 valence electrons. The monoisotopic (exact) mass is 438 g/mol. The van der Waals surface area contributed by atoms with Crippen LogP contribution in [0.25, 0.3) is 11.1 Å². The summed E-state index contributed by atoms with van der Waals surface area (Å²) in [6.45, 7) is 1.86. The number of amides is 2. The molecule has 2 amide bonds. The second-order valence-electron chi connectivity index (χ2n) is 6.47. The van der Waals surface area contributed by atoms with E-state index in [1.54, 1.807) is 24.3 Å². The Bertz CT molecular complexity index is 1110. The van der Waals surface area contributed by atoms with Gasteiger partial charge in [0, 0.05) is 11.1 Å². The summed E-state index contributed by atoms with van der Waals surface area (Å²) in [7, 11) is -7.35. The highest BCUT2D eigenvalue weighted by atomic mass is 32.2. The van der Waals surface area contributed by atoms with E-state index >= 15 is 0 Å². The van der Waals surface area contributed by atoms with Gasteiger partial charge in [-0.25, -0.2) is 26.3 Å². The van der Waals surface area contributed by atoms with Crippen molar-refractivity contribution in [1.29, 1.82) is 0 Å². The van der Waals surface area contributed by atoms with Crippen molar-refractivity contribution in [2.45, 2.75) is 19.8 Å². The van der Waals surface area contributed by atoms with Crippen LogP contribution in [-0.2, 0) is 20.0 Å². The van der Waals surface area contributed by atoms with Gasteiger partial charge < -0.3 is 0 Å². The second-order valence-corrected chi connectivity index (χ2v) is 10.1. The molecule has 0 aliphatic rings. The van der Waals surface area contributed by atoms with Crippen LogP contribution in [0.1, 0.15) is 40.5 Å². The van der Waals surface area contributed by atoms with Crippen molar-refractivity contribution in [3.8, 4) is 11.1 Å². The summed E-state index contributed by atoms with van der Waals surface area (Å²) in [5.74, 6) is -1.58. The fourth-order valence-electron chi connectivity index (χ4n) is 2.47. The smallest absolute Gasteiger partial charge is 0.264 e. The van der Waals surface area contributed by atoms with Crippen LogP contribution in [0.5, 0.6) is 0 Å². The molecular formula is C19H22N2O6S2. The number of rotatable bonds is 8. The zero-order valence-corrected chi connectivity index (χ0v) is 17.6. The first-order chi connectivity index (χ1) is 13.5. The van der Waals surface area contributed by atoms with Gasteiger partial charge in [0.25, 0.3) is 11.8 Å². The van der Waals surface area contributed by atoms with E-state index in [2.05, 4.69) is 0 Å². The lowest BCUT2D eigenvalue weighted by Crippen LogP contribution is -2.32. The van der Waals surface area contributed by atoms with E-state index in [9.17, 15) is 26.4 Å². The van der Waals surface area contributed by atoms with Crippen LogP contribution >= 0.6 is 0 Å². The molecule has 0 aliphatic carbocycles. The lowest BCUT2D eigenvalue weighted by molar-refractivity contribution is 0.0972. The summed E-state index contributed by atoms with van der Waals surface area (Å²) < 4.78 is 50.1. The fourth-order valence-corrected chi connectivity index (χ4v) is 4.09. The molecule has 2 N–H and O–H groups in total. The highest BCUT2D eigenvalue weighted by Gasteiger charge is 2.16. The molecule has 2 aromatic rings. The molecular weight excluding hydrogens is 416 g/mol. The Morgan fingerprint density at radius 1 is 0.828 bits per heavy atom. The van der Waals surface area contributed by atoms with E-state index in [0.29, 0.717) is 24.0 Å². The lowest BCUT2D eigenvalue weighted by atomic mass is 10.0. The average Bonchev–Trinajstić information content (AvgIpc) is 2.65. The maximum Gasteiger partial charge on any atom is 0.264 e. The summed E-state index contributed by atoms with van der Waals surface area (Å²) in [6, 6.07) is 12.5. The van der Waals surface area contributed by atoms with Crippen LogP contribution in [0.4, 0.5) is 0 Å². The van der Waals surface area contributed by atoms with Gasteiger partial charge in [-0.15, -0.1) is 0 Å². The lowest BCUT2D eigenvalue weighted by Gasteiger charge is -2.08. The van der Waals surface area contributed by atoms with Gasteiger partial charge in [-0.2, -0.15) is 0 Å². The van der Waals surface area contributed by atoms with Crippen molar-refractivity contribution in [2.24, 2.45) is 0 Å². The predicted molar refractivity (Wildman–Crippen MR) is 110 cm³/mol. The topological polar surface area (TPSA) is 126 Å². The first-order valence-electron chi connectivity index (χ1n) is 8.78. The van der Waals surface area contributed by atoms with Gasteiger partial charge >= 0.3 is 0 Å². The van der Waals surface area contributed by atoms with Crippen LogP contribution < -0.4 is 9.44 Å². The number of carbonyl (C=O) groups is 2. The van der Waals surface area contributed by atoms with Crippen LogP contribution in [-0.4, -0.2) is 40.7 Å². The summed E-state index contributed by atoms with van der Waals surface area (Å²) in [6.07, 6.45) is 2.05. The van der Waals surface area contributed by atoms with E-state index in [0.717, 1.165) is 6.26 Å². The van der Waals surface area contributed by atoms with Crippen molar-refractivity contribution in [1.82, 2.24) is 9.44 Å². The SMILES string of the molecule is CCCCS(=O)(=O)NC(=O)c1ccc(-c2cccc(C(=O)NS(C)(=O)=O)c2)cc1. The molecule has 0 fully saturated rings. The van der Waals surface area contributed by atoms with Crippen molar-refractivity contribution < 1.29 is 26.4 Å². The Hall–Kier alpha value is -2.72. The minimum Gasteiger partial charge on any atom is -0.268 e. The molecule has 29 heavy (non-hydrogen) atoms. The molecule has 0 spiro atoms. The van der Waals surface area contributed by atoms with E-state index in [1.165, 1.54) is 24.3 Å². The largest absolute Gasteiger partial charge is 0.268 e. The third-order valence-electron chi connectivity index (χ3n) is 3.90. The van der Waals surface area contributed by atoms with Crippen LogP contribution in [0, 0.1) is 0 Å². The molecule has 0 atom stereocenters. The number of hydrogen-bond donors (Lipinski definition) is 2. The minimum atomic E-state index is -3.68. The first-order valence-corrected chi connectivity index (χ1v) is 12.3. The molecule has 0 saturated heterocycles. The minimum absolute atomic E-state index is 0.115. The molecule has 0 heterocycles. The predicted octanol–water partition coefficient (Wildman–Crippen LogP) is 1.90. The Kier molecular flexibility index (Phi) is 7.15. The molecule has 2 aromatic carbocycles. The van der Waals surface area contributed by atoms with Gasteiger partial charge in [0.05, 0.1) is 12.0 Å². The normalized spacial score (nSPS) is 11.7. The molecule has 10 heteroatoms. The third-order valence-corrected chi connectivity index (χ3v) is 5.78. The summed E-state index contributed by atoms with van der Waals surface area (Å²) in [5.41, 5.74) is 1.65. The molecule has 0 bridgehead atoms. The Balaban J connectivity index is 2.17. The van der Waals surface area contributed by atoms with Gasteiger partial charge in [0.1, 0.15) is 0 Å². The standard InChI is InChI=1S/C19H22N2O6S2/c1-3-4-12-29(26,27)21-18(22)15-10-8-14(9-11-15)16-6-5-7-17(13-16)19(23)20-28(2,24)25/h5-11,13H,3-4,12H2,1-2H3,(H,20,23)(H,21,22). The van der Waals surface area contributed by atoms with E-state index in [-0.39, 0.29) is 16.9 Å². The molecule has 2 rings (SSSR count). The van der Waals surface area contributed by atoms with Crippen LogP contribution in [0.3, 0.4) is 0 Å². The maximum absolute atomic E-state index is 12.1. The molecule has 8 nitrogen and oxygen atoms in total. The molecule has 0 aromatic heterocycles. The van der Waals surface area contributed by atoms with Crippen LogP contribution in [0.15, 0.2) is 48.5 Å². The van der Waals surface area contributed by atoms with Gasteiger partial charge in [0.2, 0.25) is 20.0 Å². The number of benzene rings is 2. The zero-order chi connectivity index (χ0) is 21.7. The Labute approximate surface area is 170 Å². The average molecular weight is 439 g/mol. The number of nitrogens with one attached hydrogen (secondary N) is 2. The van der Waals surface area contributed by atoms with E-state index < -0.39 is 31.9 Å². The van der Waals surface area contributed by atoms with Gasteiger partial charge in [-0.1, -0.05) is 37.6 Å². The number of sulfonamides is 2. The quantitative estimate of drug-likeness (QED) is 0.648. The molecule has 0 aliphatic heterocycles. The van der Waals surface area contributed by atoms with Gasteiger partial charge in [0.15, 0.2) is 0 Å². The first kappa shape index (κ1) is 22.6. The molecule has 0 radical (unpaired) electrons. The van der Waals surface area contributed by atoms with Crippen molar-refractivity contribution in [2.75, 3.05) is 12.0 Å². The van der Waals surface area contributed by atoms with Gasteiger partial charge in [-0.05, 0) is 41.8 Å². The van der Waals surface area contributed by atoms with E-state index in [4.69, 9.17) is 0 Å².